The van der Waals surface area contributed by atoms with Gasteiger partial charge in [0.25, 0.3) is 5.91 Å². The number of ether oxygens (including phenoxy) is 1. The molecule has 2 rings (SSSR count). The molecule has 0 spiro atoms. The molecule has 1 amide bonds. The summed E-state index contributed by atoms with van der Waals surface area (Å²) in [4.78, 5) is 25.1. The van der Waals surface area contributed by atoms with Gasteiger partial charge in [0.2, 0.25) is 0 Å². The number of carbonyl (C=O) groups is 2. The van der Waals surface area contributed by atoms with Crippen molar-refractivity contribution in [1.82, 2.24) is 4.90 Å². The number of likely N-dealkylation sites (tertiary alicyclic amines) is 1. The highest BCUT2D eigenvalue weighted by Gasteiger charge is 2.40. The molecule has 5 nitrogen and oxygen atoms in total. The zero-order valence-electron chi connectivity index (χ0n) is 10.7. The summed E-state index contributed by atoms with van der Waals surface area (Å²) in [5, 5.41) is 9.63. The minimum absolute atomic E-state index is 0.0233. The Morgan fingerprint density at radius 3 is 2.85 bits per heavy atom. The molecular weight excluding hydrogens is 333 g/mol. The molecule has 0 aromatic heterocycles. The van der Waals surface area contributed by atoms with Crippen molar-refractivity contribution in [2.24, 2.45) is 0 Å². The Morgan fingerprint density at radius 2 is 2.20 bits per heavy atom. The summed E-state index contributed by atoms with van der Waals surface area (Å²) in [6.07, 6.45) is -0.730. The van der Waals surface area contributed by atoms with Crippen molar-refractivity contribution in [1.29, 1.82) is 0 Å². The first-order valence-electron chi connectivity index (χ1n) is 5.96. The first-order chi connectivity index (χ1) is 9.43. The molecule has 20 heavy (non-hydrogen) atoms. The van der Waals surface area contributed by atoms with Crippen LogP contribution in [0, 0.1) is 5.82 Å². The lowest BCUT2D eigenvalue weighted by molar-refractivity contribution is -0.145. The van der Waals surface area contributed by atoms with E-state index in [9.17, 15) is 19.1 Å². The van der Waals surface area contributed by atoms with E-state index in [4.69, 9.17) is 0 Å². The quantitative estimate of drug-likeness (QED) is 0.821. The SMILES string of the molecule is COC(=O)[C@@H]1C[C@@H](O)CN1C(=O)c1cc(Br)ccc1F. The van der Waals surface area contributed by atoms with Crippen LogP contribution in [-0.2, 0) is 9.53 Å². The van der Waals surface area contributed by atoms with Crippen LogP contribution in [0.2, 0.25) is 0 Å². The predicted octanol–water partition coefficient (Wildman–Crippen LogP) is 1.34. The van der Waals surface area contributed by atoms with Crippen LogP contribution >= 0.6 is 15.9 Å². The maximum absolute atomic E-state index is 13.7. The number of aliphatic hydroxyl groups excluding tert-OH is 1. The van der Waals surface area contributed by atoms with Crippen molar-refractivity contribution < 1.29 is 23.8 Å². The fourth-order valence-electron chi connectivity index (χ4n) is 2.21. The van der Waals surface area contributed by atoms with Crippen LogP contribution in [0.1, 0.15) is 16.8 Å². The van der Waals surface area contributed by atoms with E-state index in [0.717, 1.165) is 11.0 Å². The van der Waals surface area contributed by atoms with Gasteiger partial charge in [0, 0.05) is 17.4 Å². The predicted molar refractivity (Wildman–Crippen MR) is 71.6 cm³/mol. The number of carbonyl (C=O) groups excluding carboxylic acids is 2. The lowest BCUT2D eigenvalue weighted by Crippen LogP contribution is -2.41. The number of amides is 1. The number of benzene rings is 1. The molecule has 0 saturated carbocycles. The number of halogens is 2. The number of hydrogen-bond donors (Lipinski definition) is 1. The molecule has 7 heteroatoms. The van der Waals surface area contributed by atoms with Crippen molar-refractivity contribution in [3.63, 3.8) is 0 Å². The van der Waals surface area contributed by atoms with Crippen LogP contribution in [0.5, 0.6) is 0 Å². The number of esters is 1. The molecule has 1 aromatic rings. The van der Waals surface area contributed by atoms with Gasteiger partial charge in [-0.1, -0.05) is 15.9 Å². The van der Waals surface area contributed by atoms with Crippen molar-refractivity contribution in [3.8, 4) is 0 Å². The largest absolute Gasteiger partial charge is 0.467 e. The van der Waals surface area contributed by atoms with E-state index in [1.54, 1.807) is 0 Å². The summed E-state index contributed by atoms with van der Waals surface area (Å²) in [6, 6.07) is 3.09. The van der Waals surface area contributed by atoms with E-state index in [1.807, 2.05) is 0 Å². The zero-order valence-corrected chi connectivity index (χ0v) is 12.3. The van der Waals surface area contributed by atoms with Gasteiger partial charge < -0.3 is 14.7 Å². The molecule has 1 aliphatic rings. The van der Waals surface area contributed by atoms with Gasteiger partial charge in [-0.2, -0.15) is 0 Å². The monoisotopic (exact) mass is 345 g/mol. The Bertz CT molecular complexity index is 551. The second kappa shape index (κ2) is 5.88. The fourth-order valence-corrected chi connectivity index (χ4v) is 2.57. The first-order valence-corrected chi connectivity index (χ1v) is 6.75. The van der Waals surface area contributed by atoms with E-state index in [-0.39, 0.29) is 18.5 Å². The molecule has 0 unspecified atom stereocenters. The zero-order chi connectivity index (χ0) is 14.9. The Labute approximate surface area is 123 Å². The second-order valence-corrected chi connectivity index (χ2v) is 5.43. The number of β-amino-alcohol motifs (C(OH)–C–C–N with tert-alkyl or cyclic N) is 1. The van der Waals surface area contributed by atoms with E-state index in [2.05, 4.69) is 20.7 Å². The highest BCUT2D eigenvalue weighted by atomic mass is 79.9. The second-order valence-electron chi connectivity index (χ2n) is 4.51. The summed E-state index contributed by atoms with van der Waals surface area (Å²) in [7, 11) is 1.20. The summed E-state index contributed by atoms with van der Waals surface area (Å²) >= 11 is 3.16. The first kappa shape index (κ1) is 14.9. The lowest BCUT2D eigenvalue weighted by Gasteiger charge is -2.22. The Hall–Kier alpha value is -1.47. The number of nitrogens with zero attached hydrogens (tertiary/aromatic N) is 1. The van der Waals surface area contributed by atoms with Gasteiger partial charge in [-0.3, -0.25) is 4.79 Å². The molecule has 1 saturated heterocycles. The van der Waals surface area contributed by atoms with Crippen molar-refractivity contribution in [3.05, 3.63) is 34.1 Å². The number of hydrogen-bond acceptors (Lipinski definition) is 4. The van der Waals surface area contributed by atoms with Gasteiger partial charge in [-0.15, -0.1) is 0 Å². The van der Waals surface area contributed by atoms with Crippen LogP contribution in [0.4, 0.5) is 4.39 Å². The minimum atomic E-state index is -0.888. The molecular formula is C13H13BrFNO4. The van der Waals surface area contributed by atoms with Gasteiger partial charge in [0.1, 0.15) is 11.9 Å². The molecule has 0 bridgehead atoms. The highest BCUT2D eigenvalue weighted by molar-refractivity contribution is 9.10. The van der Waals surface area contributed by atoms with E-state index >= 15 is 0 Å². The lowest BCUT2D eigenvalue weighted by atomic mass is 10.1. The molecule has 1 N–H and O–H groups in total. The van der Waals surface area contributed by atoms with Crippen LogP contribution < -0.4 is 0 Å². The van der Waals surface area contributed by atoms with Crippen molar-refractivity contribution >= 4 is 27.8 Å². The summed E-state index contributed by atoms with van der Waals surface area (Å²) in [5.41, 5.74) is -0.151. The van der Waals surface area contributed by atoms with Crippen LogP contribution in [-0.4, -0.2) is 47.7 Å². The molecule has 1 aromatic carbocycles. The maximum atomic E-state index is 13.7. The smallest absolute Gasteiger partial charge is 0.328 e. The van der Waals surface area contributed by atoms with Gasteiger partial charge in [-0.05, 0) is 18.2 Å². The Kier molecular flexibility index (Phi) is 4.39. The molecule has 1 fully saturated rings. The third kappa shape index (κ3) is 2.83. The minimum Gasteiger partial charge on any atom is -0.467 e. The summed E-state index contributed by atoms with van der Waals surface area (Å²) < 4.78 is 18.9. The third-order valence-electron chi connectivity index (χ3n) is 3.17. The summed E-state index contributed by atoms with van der Waals surface area (Å²) in [6.45, 7) is -0.0233. The van der Waals surface area contributed by atoms with Gasteiger partial charge in [-0.25, -0.2) is 9.18 Å². The van der Waals surface area contributed by atoms with E-state index in [1.165, 1.54) is 19.2 Å². The van der Waals surface area contributed by atoms with Crippen LogP contribution in [0.25, 0.3) is 0 Å². The number of rotatable bonds is 2. The fraction of sp³-hybridized carbons (Fsp3) is 0.385. The molecule has 108 valence electrons. The normalized spacial score (nSPS) is 21.9. The average molecular weight is 346 g/mol. The third-order valence-corrected chi connectivity index (χ3v) is 3.67. The van der Waals surface area contributed by atoms with Gasteiger partial charge >= 0.3 is 5.97 Å². The van der Waals surface area contributed by atoms with Crippen molar-refractivity contribution in [2.45, 2.75) is 18.6 Å². The standard InChI is InChI=1S/C13H13BrFNO4/c1-20-13(19)11-5-8(17)6-16(11)12(18)9-4-7(14)2-3-10(9)15/h2-4,8,11,17H,5-6H2,1H3/t8-,11+/m1/s1. The molecule has 1 aliphatic heterocycles. The maximum Gasteiger partial charge on any atom is 0.328 e. The molecule has 0 radical (unpaired) electrons. The summed E-state index contributed by atoms with van der Waals surface area (Å²) in [5.74, 6) is -1.94. The van der Waals surface area contributed by atoms with Crippen LogP contribution in [0.15, 0.2) is 22.7 Å². The Morgan fingerprint density at radius 1 is 1.50 bits per heavy atom. The van der Waals surface area contributed by atoms with Gasteiger partial charge in [0.15, 0.2) is 0 Å². The number of methoxy groups -OCH3 is 1. The van der Waals surface area contributed by atoms with E-state index < -0.39 is 29.8 Å². The topological polar surface area (TPSA) is 66.8 Å². The van der Waals surface area contributed by atoms with Crippen LogP contribution in [0.3, 0.4) is 0 Å². The van der Waals surface area contributed by atoms with E-state index in [0.29, 0.717) is 4.47 Å². The number of aliphatic hydroxyl groups is 1. The molecule has 0 aliphatic carbocycles. The van der Waals surface area contributed by atoms with Gasteiger partial charge in [0.05, 0.1) is 18.8 Å². The van der Waals surface area contributed by atoms with Crippen molar-refractivity contribution in [2.75, 3.05) is 13.7 Å². The average Bonchev–Trinajstić information content (AvgIpc) is 2.82. The molecule has 2 atom stereocenters. The Balaban J connectivity index is 2.31. The molecule has 1 heterocycles. The highest BCUT2D eigenvalue weighted by Crippen LogP contribution is 2.24.